The zero-order valence-corrected chi connectivity index (χ0v) is 32.6. The molecular formula is C45H78O5. The number of esters is 2. The molecule has 288 valence electrons. The molecule has 0 saturated heterocycles. The maximum Gasteiger partial charge on any atom is 0.306 e. The number of ether oxygens (including phenoxy) is 2. The third-order valence-electron chi connectivity index (χ3n) is 8.78. The summed E-state index contributed by atoms with van der Waals surface area (Å²) in [7, 11) is 0. The Morgan fingerprint density at radius 3 is 1.28 bits per heavy atom. The van der Waals surface area contributed by atoms with Crippen molar-refractivity contribution in [2.45, 2.75) is 200 Å². The molecule has 0 spiro atoms. The molecule has 1 N–H and O–H groups in total. The number of carbonyl (C=O) groups excluding carboxylic acids is 2. The Balaban J connectivity index is 3.63. The van der Waals surface area contributed by atoms with Crippen LogP contribution in [0.2, 0.25) is 0 Å². The molecule has 50 heavy (non-hydrogen) atoms. The quantitative estimate of drug-likeness (QED) is 0.0397. The van der Waals surface area contributed by atoms with E-state index >= 15 is 0 Å². The number of rotatable bonds is 37. The van der Waals surface area contributed by atoms with Crippen LogP contribution in [0.25, 0.3) is 0 Å². The number of carbonyl (C=O) groups is 2. The average molecular weight is 699 g/mol. The van der Waals surface area contributed by atoms with Crippen LogP contribution in [0.3, 0.4) is 0 Å². The fourth-order valence-electron chi connectivity index (χ4n) is 5.59. The van der Waals surface area contributed by atoms with Gasteiger partial charge in [0.15, 0.2) is 6.10 Å². The van der Waals surface area contributed by atoms with Gasteiger partial charge in [-0.25, -0.2) is 0 Å². The van der Waals surface area contributed by atoms with Crippen LogP contribution in [0.4, 0.5) is 0 Å². The first-order valence-corrected chi connectivity index (χ1v) is 20.8. The fraction of sp³-hybridized carbons (Fsp3) is 0.733. The summed E-state index contributed by atoms with van der Waals surface area (Å²) >= 11 is 0. The molecule has 1 unspecified atom stereocenters. The van der Waals surface area contributed by atoms with Gasteiger partial charge >= 0.3 is 11.9 Å². The summed E-state index contributed by atoms with van der Waals surface area (Å²) in [5, 5.41) is 9.56. The Hall–Kier alpha value is -2.40. The standard InChI is InChI=1S/C45H78O5/c1-3-5-7-9-11-13-15-17-19-21-22-24-25-27-29-31-33-35-37-39-44(47)49-42-43(41-46)50-45(48)40-38-36-34-32-30-28-26-23-20-18-16-14-12-10-8-6-4-2/h11,13,17-20,22,24,27,29,43,46H,3-10,12,14-16,21,23,25-26,28,30-42H2,1-2H3. The smallest absolute Gasteiger partial charge is 0.306 e. The Labute approximate surface area is 309 Å². The second-order valence-corrected chi connectivity index (χ2v) is 13.7. The van der Waals surface area contributed by atoms with Crippen molar-refractivity contribution in [3.05, 3.63) is 60.8 Å². The van der Waals surface area contributed by atoms with Gasteiger partial charge < -0.3 is 14.6 Å². The van der Waals surface area contributed by atoms with E-state index in [-0.39, 0.29) is 25.2 Å². The molecule has 0 rings (SSSR count). The lowest BCUT2D eigenvalue weighted by Crippen LogP contribution is -2.28. The Kier molecular flexibility index (Phi) is 39.1. The van der Waals surface area contributed by atoms with E-state index in [1.165, 1.54) is 103 Å². The van der Waals surface area contributed by atoms with E-state index in [9.17, 15) is 14.7 Å². The summed E-state index contributed by atoms with van der Waals surface area (Å²) in [6.45, 7) is 4.07. The molecule has 0 aliphatic heterocycles. The van der Waals surface area contributed by atoms with E-state index in [2.05, 4.69) is 74.6 Å². The van der Waals surface area contributed by atoms with E-state index in [1.54, 1.807) is 0 Å². The molecule has 0 heterocycles. The van der Waals surface area contributed by atoms with Crippen LogP contribution in [0.1, 0.15) is 194 Å². The number of aliphatic hydroxyl groups excluding tert-OH is 1. The second kappa shape index (κ2) is 41.0. The van der Waals surface area contributed by atoms with E-state index in [0.29, 0.717) is 12.8 Å². The highest BCUT2D eigenvalue weighted by Gasteiger charge is 2.16. The highest BCUT2D eigenvalue weighted by Crippen LogP contribution is 2.12. The molecule has 5 nitrogen and oxygen atoms in total. The molecular weight excluding hydrogens is 620 g/mol. The van der Waals surface area contributed by atoms with Crippen LogP contribution in [-0.2, 0) is 19.1 Å². The number of unbranched alkanes of at least 4 members (excludes halogenated alkanes) is 19. The average Bonchev–Trinajstić information content (AvgIpc) is 3.12. The van der Waals surface area contributed by atoms with Gasteiger partial charge in [-0.2, -0.15) is 0 Å². The monoisotopic (exact) mass is 699 g/mol. The minimum absolute atomic E-state index is 0.0858. The zero-order chi connectivity index (χ0) is 36.4. The van der Waals surface area contributed by atoms with Gasteiger partial charge in [0.05, 0.1) is 6.61 Å². The molecule has 1 atom stereocenters. The summed E-state index contributed by atoms with van der Waals surface area (Å²) < 4.78 is 10.6. The number of allylic oxidation sites excluding steroid dienone is 10. The first-order chi connectivity index (χ1) is 24.6. The summed E-state index contributed by atoms with van der Waals surface area (Å²) in [6, 6.07) is 0. The predicted molar refractivity (Wildman–Crippen MR) is 214 cm³/mol. The summed E-state index contributed by atoms with van der Waals surface area (Å²) in [5.41, 5.74) is 0. The van der Waals surface area contributed by atoms with Crippen LogP contribution in [0.5, 0.6) is 0 Å². The highest BCUT2D eigenvalue weighted by molar-refractivity contribution is 5.70. The minimum atomic E-state index is -0.788. The van der Waals surface area contributed by atoms with E-state index < -0.39 is 6.10 Å². The van der Waals surface area contributed by atoms with Gasteiger partial charge in [-0.05, 0) is 83.5 Å². The zero-order valence-electron chi connectivity index (χ0n) is 32.6. The normalized spacial score (nSPS) is 12.8. The molecule has 0 bridgehead atoms. The lowest BCUT2D eigenvalue weighted by Gasteiger charge is -2.15. The minimum Gasteiger partial charge on any atom is -0.462 e. The van der Waals surface area contributed by atoms with E-state index in [1.807, 2.05) is 0 Å². The van der Waals surface area contributed by atoms with Crippen LogP contribution in [-0.4, -0.2) is 36.4 Å². The third-order valence-corrected chi connectivity index (χ3v) is 8.78. The Bertz CT molecular complexity index is 884. The van der Waals surface area contributed by atoms with Crippen molar-refractivity contribution in [1.29, 1.82) is 0 Å². The summed E-state index contributed by atoms with van der Waals surface area (Å²) in [4.78, 5) is 24.3. The fourth-order valence-corrected chi connectivity index (χ4v) is 5.59. The van der Waals surface area contributed by atoms with Crippen LogP contribution >= 0.6 is 0 Å². The molecule has 0 saturated carbocycles. The van der Waals surface area contributed by atoms with Crippen molar-refractivity contribution >= 4 is 11.9 Å². The maximum absolute atomic E-state index is 12.2. The number of hydrogen-bond donors (Lipinski definition) is 1. The van der Waals surface area contributed by atoms with Crippen molar-refractivity contribution in [1.82, 2.24) is 0 Å². The van der Waals surface area contributed by atoms with Gasteiger partial charge in [0.25, 0.3) is 0 Å². The maximum atomic E-state index is 12.2. The SMILES string of the molecule is CCCCCC=CCC=CCC=CCC=CCCCCCC(=O)OCC(CO)OC(=O)CCCCCCCCCC=CCCCCCCCC. The molecule has 0 aromatic rings. The first kappa shape index (κ1) is 47.6. The van der Waals surface area contributed by atoms with Crippen LogP contribution in [0, 0.1) is 0 Å². The highest BCUT2D eigenvalue weighted by atomic mass is 16.6. The lowest BCUT2D eigenvalue weighted by molar-refractivity contribution is -0.161. The van der Waals surface area contributed by atoms with Gasteiger partial charge in [0.1, 0.15) is 6.61 Å². The van der Waals surface area contributed by atoms with Crippen molar-refractivity contribution in [3.63, 3.8) is 0 Å². The Morgan fingerprint density at radius 2 is 0.800 bits per heavy atom. The van der Waals surface area contributed by atoms with E-state index in [4.69, 9.17) is 9.47 Å². The van der Waals surface area contributed by atoms with Crippen molar-refractivity contribution in [2.24, 2.45) is 0 Å². The number of hydrogen-bond acceptors (Lipinski definition) is 5. The van der Waals surface area contributed by atoms with Gasteiger partial charge in [0.2, 0.25) is 0 Å². The molecule has 0 aliphatic carbocycles. The molecule has 0 radical (unpaired) electrons. The van der Waals surface area contributed by atoms with Gasteiger partial charge in [-0.3, -0.25) is 9.59 Å². The molecule has 5 heteroatoms. The third kappa shape index (κ3) is 38.4. The molecule has 0 fully saturated rings. The predicted octanol–water partition coefficient (Wildman–Crippen LogP) is 13.2. The topological polar surface area (TPSA) is 72.8 Å². The summed E-state index contributed by atoms with van der Waals surface area (Å²) in [6.07, 6.45) is 52.8. The molecule has 0 aromatic carbocycles. The van der Waals surface area contributed by atoms with Gasteiger partial charge in [-0.15, -0.1) is 0 Å². The Morgan fingerprint density at radius 1 is 0.460 bits per heavy atom. The first-order valence-electron chi connectivity index (χ1n) is 20.8. The van der Waals surface area contributed by atoms with Gasteiger partial charge in [0, 0.05) is 12.8 Å². The van der Waals surface area contributed by atoms with Crippen molar-refractivity contribution in [2.75, 3.05) is 13.2 Å². The van der Waals surface area contributed by atoms with Crippen LogP contribution in [0.15, 0.2) is 60.8 Å². The van der Waals surface area contributed by atoms with Crippen LogP contribution < -0.4 is 0 Å². The van der Waals surface area contributed by atoms with Crippen molar-refractivity contribution in [3.8, 4) is 0 Å². The molecule has 0 aromatic heterocycles. The van der Waals surface area contributed by atoms with Gasteiger partial charge in [-0.1, -0.05) is 158 Å². The molecule has 0 amide bonds. The van der Waals surface area contributed by atoms with Crippen molar-refractivity contribution < 1.29 is 24.2 Å². The van der Waals surface area contributed by atoms with E-state index in [0.717, 1.165) is 64.2 Å². The lowest BCUT2D eigenvalue weighted by atomic mass is 10.1. The second-order valence-electron chi connectivity index (χ2n) is 13.7. The number of aliphatic hydroxyl groups is 1. The summed E-state index contributed by atoms with van der Waals surface area (Å²) in [5.74, 6) is -0.633. The largest absolute Gasteiger partial charge is 0.462 e. The molecule has 0 aliphatic rings.